The topological polar surface area (TPSA) is 85.7 Å². The average Bonchev–Trinajstić information content (AvgIpc) is 3.47. The second-order valence-electron chi connectivity index (χ2n) is 8.15. The molecular weight excluding hydrogens is 420 g/mol. The molecular formula is C25H26N4O4. The number of nitrogens with zero attached hydrogens (tertiary/aromatic N) is 3. The van der Waals surface area contributed by atoms with E-state index in [2.05, 4.69) is 15.3 Å². The molecule has 1 saturated heterocycles. The van der Waals surface area contributed by atoms with Crippen molar-refractivity contribution in [1.82, 2.24) is 9.78 Å². The summed E-state index contributed by atoms with van der Waals surface area (Å²) in [6.45, 7) is 2.78. The van der Waals surface area contributed by atoms with Crippen LogP contribution in [0.2, 0.25) is 0 Å². The summed E-state index contributed by atoms with van der Waals surface area (Å²) >= 11 is 0. The lowest BCUT2D eigenvalue weighted by molar-refractivity contribution is -0.119. The predicted molar refractivity (Wildman–Crippen MR) is 124 cm³/mol. The van der Waals surface area contributed by atoms with E-state index in [1.165, 1.54) is 0 Å². The van der Waals surface area contributed by atoms with Gasteiger partial charge in [0, 0.05) is 35.7 Å². The van der Waals surface area contributed by atoms with Gasteiger partial charge >= 0.3 is 5.97 Å². The molecule has 8 nitrogen and oxygen atoms in total. The minimum Gasteiger partial charge on any atom is -0.451 e. The number of carbonyl (C=O) groups excluding carboxylic acids is 2. The number of para-hydroxylation sites is 1. The highest BCUT2D eigenvalue weighted by Crippen LogP contribution is 2.28. The normalized spacial score (nSPS) is 15.2. The number of fused-ring (bicyclic) bond motifs is 1. The highest BCUT2D eigenvalue weighted by molar-refractivity contribution is 5.95. The third-order valence-electron chi connectivity index (χ3n) is 5.99. The van der Waals surface area contributed by atoms with Crippen LogP contribution in [0.4, 0.5) is 11.4 Å². The Kier molecular flexibility index (Phi) is 6.08. The maximum atomic E-state index is 12.7. The number of ether oxygens (including phenoxy) is 2. The van der Waals surface area contributed by atoms with Crippen molar-refractivity contribution in [3.63, 3.8) is 0 Å². The number of morpholine rings is 1. The number of hydrogen-bond donors (Lipinski definition) is 1. The number of anilines is 2. The number of carbonyl (C=O) groups is 2. The van der Waals surface area contributed by atoms with Crippen molar-refractivity contribution >= 4 is 23.3 Å². The third kappa shape index (κ3) is 4.61. The van der Waals surface area contributed by atoms with E-state index in [-0.39, 0.29) is 12.5 Å². The van der Waals surface area contributed by atoms with E-state index >= 15 is 0 Å². The van der Waals surface area contributed by atoms with E-state index in [9.17, 15) is 9.59 Å². The van der Waals surface area contributed by atoms with Gasteiger partial charge in [-0.3, -0.25) is 4.79 Å². The van der Waals surface area contributed by atoms with Crippen molar-refractivity contribution in [3.8, 4) is 5.69 Å². The fourth-order valence-corrected chi connectivity index (χ4v) is 4.36. The molecule has 8 heteroatoms. The van der Waals surface area contributed by atoms with Crippen molar-refractivity contribution < 1.29 is 19.1 Å². The summed E-state index contributed by atoms with van der Waals surface area (Å²) in [6, 6.07) is 17.4. The highest BCUT2D eigenvalue weighted by Gasteiger charge is 2.28. The molecule has 1 N–H and O–H groups in total. The Morgan fingerprint density at radius 3 is 2.48 bits per heavy atom. The third-order valence-corrected chi connectivity index (χ3v) is 5.99. The molecule has 3 aromatic rings. The predicted octanol–water partition coefficient (Wildman–Crippen LogP) is 2.99. The largest absolute Gasteiger partial charge is 0.451 e. The maximum Gasteiger partial charge on any atom is 0.359 e. The van der Waals surface area contributed by atoms with E-state index in [0.29, 0.717) is 11.4 Å². The molecule has 0 saturated carbocycles. The summed E-state index contributed by atoms with van der Waals surface area (Å²) in [5, 5.41) is 7.29. The SMILES string of the molecule is O=C(COC(=O)c1nn(-c2ccccc2)c2c1CCC2)Nc1ccc(N2CCOCC2)cc1. The van der Waals surface area contributed by atoms with E-state index in [0.717, 1.165) is 68.2 Å². The van der Waals surface area contributed by atoms with Crippen LogP contribution < -0.4 is 10.2 Å². The quantitative estimate of drug-likeness (QED) is 0.586. The second-order valence-corrected chi connectivity index (χ2v) is 8.15. The zero-order valence-electron chi connectivity index (χ0n) is 18.3. The summed E-state index contributed by atoms with van der Waals surface area (Å²) in [5.74, 6) is -0.956. The number of nitrogens with one attached hydrogen (secondary N) is 1. The molecule has 33 heavy (non-hydrogen) atoms. The fourth-order valence-electron chi connectivity index (χ4n) is 4.36. The molecule has 2 aliphatic rings. The standard InChI is InChI=1S/C25H26N4O4/c30-23(26-18-9-11-19(12-10-18)28-13-15-32-16-14-28)17-33-25(31)24-21-7-4-8-22(21)29(27-24)20-5-2-1-3-6-20/h1-3,5-6,9-12H,4,7-8,13-17H2,(H,26,30). The van der Waals surface area contributed by atoms with Gasteiger partial charge in [0.2, 0.25) is 0 Å². The summed E-state index contributed by atoms with van der Waals surface area (Å²) in [7, 11) is 0. The first-order chi connectivity index (χ1) is 16.2. The van der Waals surface area contributed by atoms with Crippen LogP contribution in [-0.2, 0) is 27.1 Å². The Balaban J connectivity index is 1.20. The molecule has 0 radical (unpaired) electrons. The first-order valence-electron chi connectivity index (χ1n) is 11.2. The minimum absolute atomic E-state index is 0.300. The van der Waals surface area contributed by atoms with Gasteiger partial charge in [-0.15, -0.1) is 0 Å². The first kappa shape index (κ1) is 21.2. The minimum atomic E-state index is -0.569. The van der Waals surface area contributed by atoms with Crippen molar-refractivity contribution in [2.45, 2.75) is 19.3 Å². The summed E-state index contributed by atoms with van der Waals surface area (Å²) in [4.78, 5) is 27.3. The fraction of sp³-hybridized carbons (Fsp3) is 0.320. The molecule has 1 aromatic heterocycles. The van der Waals surface area contributed by atoms with Gasteiger partial charge in [-0.1, -0.05) is 18.2 Å². The lowest BCUT2D eigenvalue weighted by Gasteiger charge is -2.28. The molecule has 0 atom stereocenters. The van der Waals surface area contributed by atoms with Crippen LogP contribution in [0.25, 0.3) is 5.69 Å². The van der Waals surface area contributed by atoms with Gasteiger partial charge in [0.15, 0.2) is 12.3 Å². The summed E-state index contributed by atoms with van der Waals surface area (Å²) in [6.07, 6.45) is 2.63. The number of benzene rings is 2. The van der Waals surface area contributed by atoms with E-state index in [1.807, 2.05) is 59.3 Å². The van der Waals surface area contributed by atoms with Crippen LogP contribution in [0.15, 0.2) is 54.6 Å². The number of rotatable bonds is 6. The Hall–Kier alpha value is -3.65. The van der Waals surface area contributed by atoms with Crippen LogP contribution in [0.5, 0.6) is 0 Å². The summed E-state index contributed by atoms with van der Waals surface area (Å²) in [5.41, 5.74) is 4.91. The maximum absolute atomic E-state index is 12.7. The van der Waals surface area contributed by atoms with Crippen molar-refractivity contribution in [1.29, 1.82) is 0 Å². The molecule has 1 fully saturated rings. The lowest BCUT2D eigenvalue weighted by Crippen LogP contribution is -2.36. The zero-order valence-corrected chi connectivity index (χ0v) is 18.3. The molecule has 2 heterocycles. The van der Waals surface area contributed by atoms with Crippen LogP contribution in [0.3, 0.4) is 0 Å². The molecule has 170 valence electrons. The highest BCUT2D eigenvalue weighted by atomic mass is 16.5. The average molecular weight is 447 g/mol. The Labute approximate surface area is 192 Å². The molecule has 0 unspecified atom stereocenters. The van der Waals surface area contributed by atoms with E-state index in [1.54, 1.807) is 0 Å². The Bertz CT molecular complexity index is 1140. The van der Waals surface area contributed by atoms with E-state index < -0.39 is 5.97 Å². The summed E-state index contributed by atoms with van der Waals surface area (Å²) < 4.78 is 12.5. The molecule has 5 rings (SSSR count). The van der Waals surface area contributed by atoms with Crippen LogP contribution in [-0.4, -0.2) is 54.6 Å². The van der Waals surface area contributed by atoms with Gasteiger partial charge in [0.1, 0.15) is 0 Å². The van der Waals surface area contributed by atoms with Gasteiger partial charge in [-0.25, -0.2) is 9.48 Å². The number of esters is 1. The molecule has 1 amide bonds. The zero-order chi connectivity index (χ0) is 22.6. The van der Waals surface area contributed by atoms with Gasteiger partial charge in [0.05, 0.1) is 18.9 Å². The van der Waals surface area contributed by atoms with Gasteiger partial charge in [-0.05, 0) is 55.7 Å². The van der Waals surface area contributed by atoms with Crippen LogP contribution >= 0.6 is 0 Å². The molecule has 1 aliphatic heterocycles. The number of aromatic nitrogens is 2. The van der Waals surface area contributed by atoms with Crippen molar-refractivity contribution in [2.24, 2.45) is 0 Å². The Morgan fingerprint density at radius 2 is 1.73 bits per heavy atom. The molecule has 0 bridgehead atoms. The van der Waals surface area contributed by atoms with Gasteiger partial charge < -0.3 is 19.7 Å². The van der Waals surface area contributed by atoms with Crippen molar-refractivity contribution in [3.05, 3.63) is 71.5 Å². The van der Waals surface area contributed by atoms with Gasteiger partial charge in [-0.2, -0.15) is 5.10 Å². The first-order valence-corrected chi connectivity index (χ1v) is 11.2. The number of amides is 1. The molecule has 1 aliphatic carbocycles. The molecule has 0 spiro atoms. The Morgan fingerprint density at radius 1 is 0.970 bits per heavy atom. The van der Waals surface area contributed by atoms with Crippen LogP contribution in [0.1, 0.15) is 28.2 Å². The molecule has 2 aromatic carbocycles. The smallest absolute Gasteiger partial charge is 0.359 e. The monoisotopic (exact) mass is 446 g/mol. The second kappa shape index (κ2) is 9.46. The van der Waals surface area contributed by atoms with E-state index in [4.69, 9.17) is 9.47 Å². The van der Waals surface area contributed by atoms with Crippen LogP contribution in [0, 0.1) is 0 Å². The van der Waals surface area contributed by atoms with Gasteiger partial charge in [0.25, 0.3) is 5.91 Å². The van der Waals surface area contributed by atoms with Crippen molar-refractivity contribution in [2.75, 3.05) is 43.1 Å². The lowest BCUT2D eigenvalue weighted by atomic mass is 10.2. The number of hydrogen-bond acceptors (Lipinski definition) is 6.